The molecule has 1 N–H and O–H groups in total. The Morgan fingerprint density at radius 3 is 2.72 bits per heavy atom. The van der Waals surface area contributed by atoms with Crippen LogP contribution in [0, 0.1) is 0 Å². The van der Waals surface area contributed by atoms with E-state index < -0.39 is 5.97 Å². The van der Waals surface area contributed by atoms with Crippen molar-refractivity contribution in [2.45, 2.75) is 32.6 Å². The van der Waals surface area contributed by atoms with E-state index in [2.05, 4.69) is 17.0 Å². The van der Waals surface area contributed by atoms with Crippen molar-refractivity contribution < 1.29 is 14.3 Å². The quantitative estimate of drug-likeness (QED) is 0.623. The zero-order valence-corrected chi connectivity index (χ0v) is 10.9. The standard InChI is InChI=1S/C14H19NO3/c1-3-4-5-9-13(16)15-12-8-6-7-11(10-12)14(17)18-2/h6-8,10H,3-5,9H2,1-2H3,(H,15,16). The molecule has 18 heavy (non-hydrogen) atoms. The molecule has 0 aliphatic carbocycles. The van der Waals surface area contributed by atoms with Gasteiger partial charge in [0.05, 0.1) is 12.7 Å². The summed E-state index contributed by atoms with van der Waals surface area (Å²) in [6.07, 6.45) is 3.54. The van der Waals surface area contributed by atoms with E-state index in [1.54, 1.807) is 24.3 Å². The molecule has 0 saturated heterocycles. The first-order valence-corrected chi connectivity index (χ1v) is 6.15. The Kier molecular flexibility index (Phi) is 5.91. The van der Waals surface area contributed by atoms with E-state index in [1.165, 1.54) is 7.11 Å². The Bertz CT molecular complexity index is 415. The zero-order valence-electron chi connectivity index (χ0n) is 10.9. The van der Waals surface area contributed by atoms with Crippen LogP contribution in [0.3, 0.4) is 0 Å². The minimum atomic E-state index is -0.405. The van der Waals surface area contributed by atoms with Gasteiger partial charge in [-0.25, -0.2) is 4.79 Å². The number of benzene rings is 1. The fourth-order valence-electron chi connectivity index (χ4n) is 1.60. The molecule has 1 rings (SSSR count). The van der Waals surface area contributed by atoms with Crippen LogP contribution in [0.5, 0.6) is 0 Å². The summed E-state index contributed by atoms with van der Waals surface area (Å²) in [7, 11) is 1.33. The number of ether oxygens (including phenoxy) is 1. The molecule has 1 amide bonds. The van der Waals surface area contributed by atoms with E-state index in [0.29, 0.717) is 17.7 Å². The Morgan fingerprint density at radius 1 is 1.28 bits per heavy atom. The molecule has 1 aromatic carbocycles. The molecule has 0 spiro atoms. The Balaban J connectivity index is 2.56. The summed E-state index contributed by atoms with van der Waals surface area (Å²) in [6, 6.07) is 6.74. The highest BCUT2D eigenvalue weighted by Gasteiger charge is 2.07. The van der Waals surface area contributed by atoms with Gasteiger partial charge in [0.1, 0.15) is 0 Å². The van der Waals surface area contributed by atoms with Crippen molar-refractivity contribution >= 4 is 17.6 Å². The Morgan fingerprint density at radius 2 is 2.06 bits per heavy atom. The summed E-state index contributed by atoms with van der Waals surface area (Å²) in [5, 5.41) is 2.77. The number of amides is 1. The van der Waals surface area contributed by atoms with Crippen LogP contribution in [0.25, 0.3) is 0 Å². The molecule has 0 bridgehead atoms. The summed E-state index contributed by atoms with van der Waals surface area (Å²) in [6.45, 7) is 2.09. The van der Waals surface area contributed by atoms with E-state index >= 15 is 0 Å². The minimum absolute atomic E-state index is 0.0227. The molecular weight excluding hydrogens is 230 g/mol. The summed E-state index contributed by atoms with van der Waals surface area (Å²) >= 11 is 0. The van der Waals surface area contributed by atoms with Crippen LogP contribution in [0.4, 0.5) is 5.69 Å². The third-order valence-corrected chi connectivity index (χ3v) is 2.57. The van der Waals surface area contributed by atoms with Gasteiger partial charge in [-0.15, -0.1) is 0 Å². The third kappa shape index (κ3) is 4.57. The molecule has 4 heteroatoms. The van der Waals surface area contributed by atoms with Crippen molar-refractivity contribution in [2.24, 2.45) is 0 Å². The van der Waals surface area contributed by atoms with Crippen LogP contribution in [-0.2, 0) is 9.53 Å². The van der Waals surface area contributed by atoms with Crippen molar-refractivity contribution in [1.29, 1.82) is 0 Å². The molecule has 0 unspecified atom stereocenters. The Labute approximate surface area is 107 Å². The molecule has 0 aliphatic rings. The van der Waals surface area contributed by atoms with Crippen LogP contribution >= 0.6 is 0 Å². The summed E-state index contributed by atoms with van der Waals surface area (Å²) in [5.74, 6) is -0.428. The molecule has 1 aromatic rings. The lowest BCUT2D eigenvalue weighted by molar-refractivity contribution is -0.116. The first kappa shape index (κ1) is 14.2. The van der Waals surface area contributed by atoms with Gasteiger partial charge in [-0.2, -0.15) is 0 Å². The lowest BCUT2D eigenvalue weighted by Crippen LogP contribution is -2.11. The monoisotopic (exact) mass is 249 g/mol. The lowest BCUT2D eigenvalue weighted by Gasteiger charge is -2.06. The Hall–Kier alpha value is -1.84. The second-order valence-electron chi connectivity index (χ2n) is 4.08. The van der Waals surface area contributed by atoms with E-state index in [1.807, 2.05) is 0 Å². The van der Waals surface area contributed by atoms with Crippen molar-refractivity contribution in [3.8, 4) is 0 Å². The maximum atomic E-state index is 11.6. The highest BCUT2D eigenvalue weighted by molar-refractivity contribution is 5.94. The first-order chi connectivity index (χ1) is 8.67. The molecule has 0 radical (unpaired) electrons. The van der Waals surface area contributed by atoms with Crippen molar-refractivity contribution in [1.82, 2.24) is 0 Å². The fourth-order valence-corrected chi connectivity index (χ4v) is 1.60. The smallest absolute Gasteiger partial charge is 0.337 e. The van der Waals surface area contributed by atoms with Crippen LogP contribution in [0.2, 0.25) is 0 Å². The topological polar surface area (TPSA) is 55.4 Å². The van der Waals surface area contributed by atoms with Crippen LogP contribution in [-0.4, -0.2) is 19.0 Å². The van der Waals surface area contributed by atoms with Gasteiger partial charge >= 0.3 is 5.97 Å². The lowest BCUT2D eigenvalue weighted by atomic mass is 10.2. The molecule has 98 valence electrons. The number of esters is 1. The van der Waals surface area contributed by atoms with Gasteiger partial charge in [-0.1, -0.05) is 25.8 Å². The number of rotatable bonds is 6. The zero-order chi connectivity index (χ0) is 13.4. The molecule has 0 aliphatic heterocycles. The van der Waals surface area contributed by atoms with Gasteiger partial charge in [-0.3, -0.25) is 4.79 Å². The number of hydrogen-bond donors (Lipinski definition) is 1. The second kappa shape index (κ2) is 7.48. The number of unbranched alkanes of at least 4 members (excludes halogenated alkanes) is 2. The van der Waals surface area contributed by atoms with Gasteiger partial charge in [0, 0.05) is 12.1 Å². The highest BCUT2D eigenvalue weighted by Crippen LogP contribution is 2.12. The number of methoxy groups -OCH3 is 1. The normalized spacial score (nSPS) is 9.89. The van der Waals surface area contributed by atoms with E-state index in [4.69, 9.17) is 0 Å². The summed E-state index contributed by atoms with van der Waals surface area (Å²) in [4.78, 5) is 22.9. The van der Waals surface area contributed by atoms with Gasteiger partial charge in [0.15, 0.2) is 0 Å². The second-order valence-corrected chi connectivity index (χ2v) is 4.08. The van der Waals surface area contributed by atoms with Gasteiger partial charge in [0.25, 0.3) is 0 Å². The molecule has 4 nitrogen and oxygen atoms in total. The van der Waals surface area contributed by atoms with Gasteiger partial charge < -0.3 is 10.1 Å². The van der Waals surface area contributed by atoms with E-state index in [9.17, 15) is 9.59 Å². The van der Waals surface area contributed by atoms with Gasteiger partial charge in [0.2, 0.25) is 5.91 Å². The number of anilines is 1. The van der Waals surface area contributed by atoms with Crippen molar-refractivity contribution in [2.75, 3.05) is 12.4 Å². The largest absolute Gasteiger partial charge is 0.465 e. The molecule has 0 atom stereocenters. The molecule has 0 aromatic heterocycles. The molecule has 0 fully saturated rings. The summed E-state index contributed by atoms with van der Waals surface area (Å²) < 4.78 is 4.62. The molecule has 0 saturated carbocycles. The minimum Gasteiger partial charge on any atom is -0.465 e. The number of carbonyl (C=O) groups excluding carboxylic acids is 2. The average Bonchev–Trinajstić information content (AvgIpc) is 2.38. The molecule has 0 heterocycles. The first-order valence-electron chi connectivity index (χ1n) is 6.15. The third-order valence-electron chi connectivity index (χ3n) is 2.57. The van der Waals surface area contributed by atoms with Crippen molar-refractivity contribution in [3.05, 3.63) is 29.8 Å². The number of hydrogen-bond acceptors (Lipinski definition) is 3. The van der Waals surface area contributed by atoms with E-state index in [0.717, 1.165) is 19.3 Å². The molecular formula is C14H19NO3. The highest BCUT2D eigenvalue weighted by atomic mass is 16.5. The van der Waals surface area contributed by atoms with Gasteiger partial charge in [-0.05, 0) is 24.6 Å². The fraction of sp³-hybridized carbons (Fsp3) is 0.429. The van der Waals surface area contributed by atoms with Crippen molar-refractivity contribution in [3.63, 3.8) is 0 Å². The maximum absolute atomic E-state index is 11.6. The number of carbonyl (C=O) groups is 2. The average molecular weight is 249 g/mol. The van der Waals surface area contributed by atoms with Crippen LogP contribution in [0.15, 0.2) is 24.3 Å². The van der Waals surface area contributed by atoms with Crippen LogP contribution < -0.4 is 5.32 Å². The maximum Gasteiger partial charge on any atom is 0.337 e. The van der Waals surface area contributed by atoms with Crippen LogP contribution in [0.1, 0.15) is 43.0 Å². The number of nitrogens with one attached hydrogen (secondary N) is 1. The summed E-state index contributed by atoms with van der Waals surface area (Å²) in [5.41, 5.74) is 1.06. The predicted molar refractivity (Wildman–Crippen MR) is 70.6 cm³/mol. The SMILES string of the molecule is CCCCCC(=O)Nc1cccc(C(=O)OC)c1. The predicted octanol–water partition coefficient (Wildman–Crippen LogP) is 2.99. The van der Waals surface area contributed by atoms with E-state index in [-0.39, 0.29) is 5.91 Å².